The van der Waals surface area contributed by atoms with E-state index in [1.54, 1.807) is 11.3 Å². The van der Waals surface area contributed by atoms with E-state index < -0.39 is 0 Å². The number of nitrogens with one attached hydrogen (secondary N) is 2. The first kappa shape index (κ1) is 14.0. The standard InChI is InChI=1S/C16H18N4S/c1-11-14(9-18-20-11)8-17-12(2)16-19-15(10-21-16)13-6-4-3-5-7-13/h3-7,9-10,12,17H,8H2,1-2H3,(H,18,20). The summed E-state index contributed by atoms with van der Waals surface area (Å²) in [5, 5.41) is 13.7. The topological polar surface area (TPSA) is 53.6 Å². The lowest BCUT2D eigenvalue weighted by atomic mass is 10.2. The van der Waals surface area contributed by atoms with E-state index in [4.69, 9.17) is 4.98 Å². The van der Waals surface area contributed by atoms with Crippen LogP contribution >= 0.6 is 11.3 Å². The van der Waals surface area contributed by atoms with Crippen LogP contribution in [0.1, 0.15) is 29.2 Å². The summed E-state index contributed by atoms with van der Waals surface area (Å²) in [7, 11) is 0. The second-order valence-corrected chi connectivity index (χ2v) is 5.95. The zero-order valence-electron chi connectivity index (χ0n) is 12.1. The maximum atomic E-state index is 4.74. The van der Waals surface area contributed by atoms with Crippen LogP contribution in [0, 0.1) is 6.92 Å². The Hall–Kier alpha value is -1.98. The first-order chi connectivity index (χ1) is 10.2. The van der Waals surface area contributed by atoms with Gasteiger partial charge >= 0.3 is 0 Å². The quantitative estimate of drug-likeness (QED) is 0.755. The molecule has 0 amide bonds. The molecule has 0 radical (unpaired) electrons. The van der Waals surface area contributed by atoms with E-state index in [1.807, 2.05) is 31.3 Å². The molecule has 0 spiro atoms. The summed E-state index contributed by atoms with van der Waals surface area (Å²) in [4.78, 5) is 4.74. The van der Waals surface area contributed by atoms with Crippen LogP contribution in [0.2, 0.25) is 0 Å². The van der Waals surface area contributed by atoms with Crippen LogP contribution in [0.4, 0.5) is 0 Å². The van der Waals surface area contributed by atoms with Gasteiger partial charge in [-0.25, -0.2) is 4.98 Å². The third-order valence-electron chi connectivity index (χ3n) is 3.49. The first-order valence-corrected chi connectivity index (χ1v) is 7.85. The fourth-order valence-electron chi connectivity index (χ4n) is 2.13. The Bertz CT molecular complexity index is 702. The normalized spacial score (nSPS) is 12.5. The fourth-order valence-corrected chi connectivity index (χ4v) is 2.99. The van der Waals surface area contributed by atoms with Crippen molar-refractivity contribution in [3.8, 4) is 11.3 Å². The maximum absolute atomic E-state index is 4.74. The van der Waals surface area contributed by atoms with Crippen molar-refractivity contribution in [2.45, 2.75) is 26.4 Å². The monoisotopic (exact) mass is 298 g/mol. The van der Waals surface area contributed by atoms with Crippen molar-refractivity contribution in [2.75, 3.05) is 0 Å². The molecule has 0 saturated heterocycles. The van der Waals surface area contributed by atoms with Gasteiger partial charge < -0.3 is 5.32 Å². The van der Waals surface area contributed by atoms with Crippen LogP contribution in [0.25, 0.3) is 11.3 Å². The summed E-state index contributed by atoms with van der Waals surface area (Å²) in [6.45, 7) is 4.97. The van der Waals surface area contributed by atoms with Crippen LogP contribution in [0.3, 0.4) is 0 Å². The van der Waals surface area contributed by atoms with Crippen LogP contribution < -0.4 is 5.32 Å². The highest BCUT2D eigenvalue weighted by Crippen LogP contribution is 2.25. The maximum Gasteiger partial charge on any atom is 0.110 e. The predicted molar refractivity (Wildman–Crippen MR) is 86.1 cm³/mol. The van der Waals surface area contributed by atoms with Gasteiger partial charge in [0.05, 0.1) is 17.9 Å². The Morgan fingerprint density at radius 1 is 1.29 bits per heavy atom. The first-order valence-electron chi connectivity index (χ1n) is 6.97. The third kappa shape index (κ3) is 3.20. The average Bonchev–Trinajstić information content (AvgIpc) is 3.15. The Morgan fingerprint density at radius 2 is 2.10 bits per heavy atom. The molecular weight excluding hydrogens is 280 g/mol. The molecular formula is C16H18N4S. The van der Waals surface area contributed by atoms with E-state index in [-0.39, 0.29) is 6.04 Å². The lowest BCUT2D eigenvalue weighted by Gasteiger charge is -2.10. The van der Waals surface area contributed by atoms with Gasteiger partial charge in [0.2, 0.25) is 0 Å². The van der Waals surface area contributed by atoms with Crippen LogP contribution in [-0.4, -0.2) is 15.2 Å². The van der Waals surface area contributed by atoms with Crippen molar-refractivity contribution in [1.82, 2.24) is 20.5 Å². The van der Waals surface area contributed by atoms with Gasteiger partial charge in [0.15, 0.2) is 0 Å². The number of hydrogen-bond donors (Lipinski definition) is 2. The molecule has 0 aliphatic heterocycles. The van der Waals surface area contributed by atoms with Gasteiger partial charge in [0.1, 0.15) is 5.01 Å². The number of aryl methyl sites for hydroxylation is 1. The zero-order valence-corrected chi connectivity index (χ0v) is 12.9. The smallest absolute Gasteiger partial charge is 0.110 e. The molecule has 2 heterocycles. The Labute approximate surface area is 128 Å². The molecule has 1 aromatic carbocycles. The Morgan fingerprint density at radius 3 is 2.81 bits per heavy atom. The number of H-pyrrole nitrogens is 1. The van der Waals surface area contributed by atoms with Crippen molar-refractivity contribution < 1.29 is 0 Å². The average molecular weight is 298 g/mol. The summed E-state index contributed by atoms with van der Waals surface area (Å²) in [6.07, 6.45) is 1.87. The van der Waals surface area contributed by atoms with E-state index >= 15 is 0 Å². The largest absolute Gasteiger partial charge is 0.304 e. The van der Waals surface area contributed by atoms with Gasteiger partial charge in [-0.15, -0.1) is 11.3 Å². The summed E-state index contributed by atoms with van der Waals surface area (Å²) >= 11 is 1.70. The van der Waals surface area contributed by atoms with Crippen LogP contribution in [-0.2, 0) is 6.54 Å². The third-order valence-corrected chi connectivity index (χ3v) is 4.52. The minimum atomic E-state index is 0.224. The summed E-state index contributed by atoms with van der Waals surface area (Å²) < 4.78 is 0. The highest BCUT2D eigenvalue weighted by Gasteiger charge is 2.11. The van der Waals surface area contributed by atoms with Gasteiger partial charge in [-0.3, -0.25) is 5.10 Å². The van der Waals surface area contributed by atoms with Gasteiger partial charge in [-0.2, -0.15) is 5.10 Å². The van der Waals surface area contributed by atoms with E-state index in [0.717, 1.165) is 28.5 Å². The lowest BCUT2D eigenvalue weighted by molar-refractivity contribution is 0.571. The van der Waals surface area contributed by atoms with E-state index in [0.29, 0.717) is 0 Å². The number of thiazole rings is 1. The zero-order chi connectivity index (χ0) is 14.7. The Kier molecular flexibility index (Phi) is 4.13. The number of benzene rings is 1. The number of hydrogen-bond acceptors (Lipinski definition) is 4. The molecule has 3 aromatic rings. The van der Waals surface area contributed by atoms with Crippen LogP contribution in [0.5, 0.6) is 0 Å². The SMILES string of the molecule is Cc1[nH]ncc1CNC(C)c1nc(-c2ccccc2)cs1. The lowest BCUT2D eigenvalue weighted by Crippen LogP contribution is -2.18. The molecule has 0 fully saturated rings. The van der Waals surface area contributed by atoms with Gasteiger partial charge in [0, 0.05) is 28.7 Å². The molecule has 0 saturated carbocycles. The minimum Gasteiger partial charge on any atom is -0.304 e. The van der Waals surface area contributed by atoms with Crippen molar-refractivity contribution in [3.05, 3.63) is 58.2 Å². The van der Waals surface area contributed by atoms with E-state index in [2.05, 4.69) is 40.0 Å². The fraction of sp³-hybridized carbons (Fsp3) is 0.250. The summed E-state index contributed by atoms with van der Waals surface area (Å²) in [5.74, 6) is 0. The van der Waals surface area contributed by atoms with Gasteiger partial charge in [0.25, 0.3) is 0 Å². The Balaban J connectivity index is 1.67. The van der Waals surface area contributed by atoms with Crippen molar-refractivity contribution in [2.24, 2.45) is 0 Å². The van der Waals surface area contributed by atoms with Crippen molar-refractivity contribution in [1.29, 1.82) is 0 Å². The van der Waals surface area contributed by atoms with E-state index in [1.165, 1.54) is 5.56 Å². The van der Waals surface area contributed by atoms with Crippen LogP contribution in [0.15, 0.2) is 41.9 Å². The highest BCUT2D eigenvalue weighted by atomic mass is 32.1. The second-order valence-electron chi connectivity index (χ2n) is 5.06. The highest BCUT2D eigenvalue weighted by molar-refractivity contribution is 7.10. The van der Waals surface area contributed by atoms with Crippen molar-refractivity contribution >= 4 is 11.3 Å². The number of rotatable bonds is 5. The number of nitrogens with zero attached hydrogens (tertiary/aromatic N) is 2. The molecule has 0 aliphatic carbocycles. The number of aromatic amines is 1. The summed E-state index contributed by atoms with van der Waals surface area (Å²) in [6, 6.07) is 10.5. The molecule has 0 aliphatic rings. The van der Waals surface area contributed by atoms with Gasteiger partial charge in [-0.1, -0.05) is 30.3 Å². The predicted octanol–water partition coefficient (Wildman–Crippen LogP) is 3.69. The molecule has 108 valence electrons. The molecule has 1 atom stereocenters. The molecule has 3 rings (SSSR count). The number of aromatic nitrogens is 3. The molecule has 5 heteroatoms. The van der Waals surface area contributed by atoms with E-state index in [9.17, 15) is 0 Å². The van der Waals surface area contributed by atoms with Crippen molar-refractivity contribution in [3.63, 3.8) is 0 Å². The molecule has 21 heavy (non-hydrogen) atoms. The molecule has 1 unspecified atom stereocenters. The molecule has 2 aromatic heterocycles. The molecule has 4 nitrogen and oxygen atoms in total. The summed E-state index contributed by atoms with van der Waals surface area (Å²) in [5.41, 5.74) is 4.52. The molecule has 0 bridgehead atoms. The van der Waals surface area contributed by atoms with Gasteiger partial charge in [-0.05, 0) is 13.8 Å². The molecule has 2 N–H and O–H groups in total. The minimum absolute atomic E-state index is 0.224. The second kappa shape index (κ2) is 6.20.